The number of amides is 2. The standard InChI is InChI=1S/C16H21N5OS/c1-10-18-11-6-8-21(9-13(11)19-10)16(22)17-7-5-15-20-12-3-2-4-14(12)23-15/h2-9H2,1H3,(H,17,22)(H,18,19). The van der Waals surface area contributed by atoms with Crippen molar-refractivity contribution in [1.29, 1.82) is 0 Å². The van der Waals surface area contributed by atoms with E-state index in [9.17, 15) is 4.79 Å². The number of hydrogen-bond acceptors (Lipinski definition) is 4. The molecule has 0 saturated carbocycles. The van der Waals surface area contributed by atoms with E-state index < -0.39 is 0 Å². The minimum absolute atomic E-state index is 0.00648. The van der Waals surface area contributed by atoms with Crippen molar-refractivity contribution >= 4 is 17.4 Å². The number of imidazole rings is 1. The Labute approximate surface area is 139 Å². The molecule has 2 N–H and O–H groups in total. The first kappa shape index (κ1) is 14.7. The smallest absolute Gasteiger partial charge is 0.317 e. The van der Waals surface area contributed by atoms with Gasteiger partial charge in [-0.15, -0.1) is 11.3 Å². The molecule has 0 fully saturated rings. The van der Waals surface area contributed by atoms with Crippen molar-refractivity contribution in [2.45, 2.75) is 45.6 Å². The lowest BCUT2D eigenvalue weighted by atomic mass is 10.1. The molecule has 4 rings (SSSR count). The highest BCUT2D eigenvalue weighted by Gasteiger charge is 2.23. The monoisotopic (exact) mass is 331 g/mol. The number of rotatable bonds is 3. The van der Waals surface area contributed by atoms with Gasteiger partial charge in [-0.2, -0.15) is 0 Å². The maximum atomic E-state index is 12.3. The van der Waals surface area contributed by atoms with Gasteiger partial charge in [-0.1, -0.05) is 0 Å². The fourth-order valence-corrected chi connectivity index (χ4v) is 4.51. The van der Waals surface area contributed by atoms with Gasteiger partial charge in [0.05, 0.1) is 28.6 Å². The Bertz CT molecular complexity index is 713. The number of aryl methyl sites for hydroxylation is 3. The first-order valence-electron chi connectivity index (χ1n) is 8.23. The van der Waals surface area contributed by atoms with Crippen molar-refractivity contribution in [3.05, 3.63) is 32.8 Å². The summed E-state index contributed by atoms with van der Waals surface area (Å²) in [6.45, 7) is 3.95. The Morgan fingerprint density at radius 3 is 3.09 bits per heavy atom. The van der Waals surface area contributed by atoms with Gasteiger partial charge in [-0.3, -0.25) is 0 Å². The highest BCUT2D eigenvalue weighted by atomic mass is 32.1. The second kappa shape index (κ2) is 5.96. The van der Waals surface area contributed by atoms with Gasteiger partial charge in [0.1, 0.15) is 5.82 Å². The Kier molecular flexibility index (Phi) is 3.80. The summed E-state index contributed by atoms with van der Waals surface area (Å²) in [5, 5.41) is 4.18. The van der Waals surface area contributed by atoms with Gasteiger partial charge in [-0.05, 0) is 26.2 Å². The van der Waals surface area contributed by atoms with E-state index in [0.717, 1.165) is 48.0 Å². The number of carbonyl (C=O) groups excluding carboxylic acids is 1. The number of thiazole rings is 1. The predicted molar refractivity (Wildman–Crippen MR) is 88.7 cm³/mol. The van der Waals surface area contributed by atoms with Gasteiger partial charge in [0.25, 0.3) is 0 Å². The van der Waals surface area contributed by atoms with Crippen molar-refractivity contribution in [3.63, 3.8) is 0 Å². The number of hydrogen-bond donors (Lipinski definition) is 2. The predicted octanol–water partition coefficient (Wildman–Crippen LogP) is 1.97. The van der Waals surface area contributed by atoms with Crippen LogP contribution in [0.4, 0.5) is 4.79 Å². The molecule has 6 nitrogen and oxygen atoms in total. The van der Waals surface area contributed by atoms with E-state index in [1.165, 1.54) is 23.4 Å². The molecule has 3 heterocycles. The lowest BCUT2D eigenvalue weighted by Gasteiger charge is -2.26. The average molecular weight is 331 g/mol. The molecule has 122 valence electrons. The third-order valence-electron chi connectivity index (χ3n) is 4.49. The Hall–Kier alpha value is -1.89. The Morgan fingerprint density at radius 1 is 1.30 bits per heavy atom. The number of H-pyrrole nitrogens is 1. The SMILES string of the molecule is Cc1nc2c([nH]1)CN(C(=O)NCCc1nc3c(s1)CCC3)CC2. The highest BCUT2D eigenvalue weighted by molar-refractivity contribution is 7.11. The van der Waals surface area contributed by atoms with E-state index in [0.29, 0.717) is 13.1 Å². The van der Waals surface area contributed by atoms with Crippen molar-refractivity contribution in [2.75, 3.05) is 13.1 Å². The number of fused-ring (bicyclic) bond motifs is 2. The van der Waals surface area contributed by atoms with Crippen LogP contribution in [0.5, 0.6) is 0 Å². The first-order chi connectivity index (χ1) is 11.2. The van der Waals surface area contributed by atoms with Crippen LogP contribution in [-0.4, -0.2) is 39.0 Å². The Morgan fingerprint density at radius 2 is 2.22 bits per heavy atom. The van der Waals surface area contributed by atoms with Crippen LogP contribution in [-0.2, 0) is 32.2 Å². The summed E-state index contributed by atoms with van der Waals surface area (Å²) in [4.78, 5) is 28.0. The van der Waals surface area contributed by atoms with E-state index in [4.69, 9.17) is 0 Å². The molecule has 23 heavy (non-hydrogen) atoms. The van der Waals surface area contributed by atoms with Crippen LogP contribution >= 0.6 is 11.3 Å². The second-order valence-corrected chi connectivity index (χ2v) is 7.40. The summed E-state index contributed by atoms with van der Waals surface area (Å²) >= 11 is 1.81. The van der Waals surface area contributed by atoms with Crippen molar-refractivity contribution in [1.82, 2.24) is 25.2 Å². The molecule has 0 radical (unpaired) electrons. The molecular formula is C16H21N5OS. The molecule has 2 aromatic heterocycles. The van der Waals surface area contributed by atoms with Crippen molar-refractivity contribution in [3.8, 4) is 0 Å². The van der Waals surface area contributed by atoms with Crippen LogP contribution < -0.4 is 5.32 Å². The van der Waals surface area contributed by atoms with Crippen LogP contribution in [0.3, 0.4) is 0 Å². The van der Waals surface area contributed by atoms with Gasteiger partial charge in [-0.25, -0.2) is 14.8 Å². The zero-order valence-electron chi connectivity index (χ0n) is 13.3. The molecule has 0 spiro atoms. The molecule has 2 aromatic rings. The van der Waals surface area contributed by atoms with Gasteiger partial charge >= 0.3 is 6.03 Å². The molecule has 2 aliphatic rings. The minimum atomic E-state index is 0.00648. The maximum absolute atomic E-state index is 12.3. The molecule has 1 aliphatic carbocycles. The molecule has 0 bridgehead atoms. The molecule has 0 unspecified atom stereocenters. The molecule has 0 atom stereocenters. The molecule has 2 amide bonds. The third kappa shape index (κ3) is 2.97. The highest BCUT2D eigenvalue weighted by Crippen LogP contribution is 2.27. The van der Waals surface area contributed by atoms with E-state index in [2.05, 4.69) is 20.3 Å². The van der Waals surface area contributed by atoms with Crippen LogP contribution in [0.2, 0.25) is 0 Å². The van der Waals surface area contributed by atoms with Gasteiger partial charge < -0.3 is 15.2 Å². The summed E-state index contributed by atoms with van der Waals surface area (Å²) in [5.74, 6) is 0.925. The summed E-state index contributed by atoms with van der Waals surface area (Å²) < 4.78 is 0. The lowest BCUT2D eigenvalue weighted by Crippen LogP contribution is -2.43. The van der Waals surface area contributed by atoms with Gasteiger partial charge in [0.2, 0.25) is 0 Å². The van der Waals surface area contributed by atoms with Crippen LogP contribution in [0.1, 0.15) is 39.2 Å². The summed E-state index contributed by atoms with van der Waals surface area (Å²) in [6.07, 6.45) is 5.20. The number of urea groups is 1. The molecule has 1 aliphatic heterocycles. The molecule has 0 aromatic carbocycles. The number of aromatic nitrogens is 3. The lowest BCUT2D eigenvalue weighted by molar-refractivity contribution is 0.191. The summed E-state index contributed by atoms with van der Waals surface area (Å²) in [7, 11) is 0. The summed E-state index contributed by atoms with van der Waals surface area (Å²) in [6, 6.07) is 0.00648. The Balaban J connectivity index is 1.28. The van der Waals surface area contributed by atoms with Crippen molar-refractivity contribution < 1.29 is 4.79 Å². The zero-order chi connectivity index (χ0) is 15.8. The molecular weight excluding hydrogens is 310 g/mol. The average Bonchev–Trinajstić information content (AvgIpc) is 3.19. The topological polar surface area (TPSA) is 73.9 Å². The number of aromatic amines is 1. The number of nitrogens with one attached hydrogen (secondary N) is 2. The van der Waals surface area contributed by atoms with Crippen LogP contribution in [0.15, 0.2) is 0 Å². The first-order valence-corrected chi connectivity index (χ1v) is 9.05. The second-order valence-electron chi connectivity index (χ2n) is 6.23. The molecule has 7 heteroatoms. The van der Waals surface area contributed by atoms with E-state index in [1.54, 1.807) is 0 Å². The quantitative estimate of drug-likeness (QED) is 0.903. The fraction of sp³-hybridized carbons (Fsp3) is 0.562. The molecule has 0 saturated heterocycles. The van der Waals surface area contributed by atoms with Gasteiger partial charge in [0, 0.05) is 30.8 Å². The van der Waals surface area contributed by atoms with Gasteiger partial charge in [0.15, 0.2) is 0 Å². The van der Waals surface area contributed by atoms with Crippen LogP contribution in [0.25, 0.3) is 0 Å². The normalized spacial score (nSPS) is 16.3. The van der Waals surface area contributed by atoms with E-state index >= 15 is 0 Å². The minimum Gasteiger partial charge on any atom is -0.344 e. The number of nitrogens with zero attached hydrogens (tertiary/aromatic N) is 3. The largest absolute Gasteiger partial charge is 0.344 e. The maximum Gasteiger partial charge on any atom is 0.317 e. The van der Waals surface area contributed by atoms with E-state index in [1.807, 2.05) is 23.2 Å². The number of carbonyl (C=O) groups is 1. The fourth-order valence-electron chi connectivity index (χ4n) is 3.35. The zero-order valence-corrected chi connectivity index (χ0v) is 14.1. The van der Waals surface area contributed by atoms with E-state index in [-0.39, 0.29) is 6.03 Å². The third-order valence-corrected chi connectivity index (χ3v) is 5.71. The van der Waals surface area contributed by atoms with Crippen molar-refractivity contribution in [2.24, 2.45) is 0 Å². The van der Waals surface area contributed by atoms with Crippen LogP contribution in [0, 0.1) is 6.92 Å². The summed E-state index contributed by atoms with van der Waals surface area (Å²) in [5.41, 5.74) is 3.46.